The maximum absolute atomic E-state index is 4.00. The van der Waals surface area contributed by atoms with Crippen molar-refractivity contribution in [2.24, 2.45) is 10.8 Å². The Morgan fingerprint density at radius 2 is 1.67 bits per heavy atom. The third kappa shape index (κ3) is 1.65. The molecule has 0 unspecified atom stereocenters. The minimum atomic E-state index is 0.392. The van der Waals surface area contributed by atoms with Crippen molar-refractivity contribution in [2.45, 2.75) is 40.3 Å². The molecule has 1 saturated carbocycles. The molecule has 0 aliphatic heterocycles. The maximum atomic E-state index is 4.00. The molecule has 3 heteroatoms. The van der Waals surface area contributed by atoms with Crippen LogP contribution in [0.15, 0.2) is 18.7 Å². The lowest BCUT2D eigenvalue weighted by Gasteiger charge is -2.05. The van der Waals surface area contributed by atoms with E-state index in [-0.39, 0.29) is 0 Å². The van der Waals surface area contributed by atoms with E-state index in [9.17, 15) is 0 Å². The molecule has 1 N–H and O–H groups in total. The zero-order valence-electron chi connectivity index (χ0n) is 9.91. The van der Waals surface area contributed by atoms with Crippen LogP contribution < -0.4 is 5.32 Å². The third-order valence-corrected chi connectivity index (χ3v) is 4.15. The molecule has 1 aromatic rings. The highest BCUT2D eigenvalue weighted by Gasteiger charge is 2.64. The Bertz CT molecular complexity index is 329. The van der Waals surface area contributed by atoms with Crippen LogP contribution in [0.3, 0.4) is 0 Å². The molecule has 0 radical (unpaired) electrons. The molecule has 15 heavy (non-hydrogen) atoms. The average molecular weight is 205 g/mol. The predicted molar refractivity (Wildman–Crippen MR) is 60.2 cm³/mol. The highest BCUT2D eigenvalue weighted by molar-refractivity contribution is 5.18. The van der Waals surface area contributed by atoms with Gasteiger partial charge >= 0.3 is 0 Å². The normalized spacial score (nSPS) is 22.7. The van der Waals surface area contributed by atoms with E-state index in [0.29, 0.717) is 16.9 Å². The first-order valence-corrected chi connectivity index (χ1v) is 5.43. The smallest absolute Gasteiger partial charge is 0.115 e. The first-order chi connectivity index (χ1) is 6.96. The number of rotatable bonds is 3. The average Bonchev–Trinajstić information content (AvgIpc) is 2.57. The minimum absolute atomic E-state index is 0.392. The Hall–Kier alpha value is -0.960. The highest BCUT2D eigenvalue weighted by Crippen LogP contribution is 2.62. The van der Waals surface area contributed by atoms with Crippen LogP contribution in [0.5, 0.6) is 0 Å². The van der Waals surface area contributed by atoms with Crippen LogP contribution in [0.4, 0.5) is 0 Å². The monoisotopic (exact) mass is 205 g/mol. The summed E-state index contributed by atoms with van der Waals surface area (Å²) in [6.07, 6.45) is 5.29. The summed E-state index contributed by atoms with van der Waals surface area (Å²) in [5, 5.41) is 3.57. The second-order valence-corrected chi connectivity index (χ2v) is 5.50. The summed E-state index contributed by atoms with van der Waals surface area (Å²) in [5.74, 6) is 0. The van der Waals surface area contributed by atoms with Crippen molar-refractivity contribution in [1.29, 1.82) is 0 Å². The van der Waals surface area contributed by atoms with E-state index in [1.807, 2.05) is 12.4 Å². The zero-order valence-corrected chi connectivity index (χ0v) is 9.91. The molecule has 0 atom stereocenters. The lowest BCUT2D eigenvalue weighted by molar-refractivity contribution is 0.457. The Morgan fingerprint density at radius 3 is 2.13 bits per heavy atom. The van der Waals surface area contributed by atoms with Crippen molar-refractivity contribution in [2.75, 3.05) is 0 Å². The van der Waals surface area contributed by atoms with E-state index in [4.69, 9.17) is 0 Å². The topological polar surface area (TPSA) is 37.8 Å². The van der Waals surface area contributed by atoms with Crippen LogP contribution in [0, 0.1) is 10.8 Å². The lowest BCUT2D eigenvalue weighted by atomic mass is 10.0. The summed E-state index contributed by atoms with van der Waals surface area (Å²) in [6, 6.07) is 0.588. The van der Waals surface area contributed by atoms with Crippen LogP contribution in [0.1, 0.15) is 33.3 Å². The summed E-state index contributed by atoms with van der Waals surface area (Å²) in [5.41, 5.74) is 1.93. The molecule has 0 bridgehead atoms. The number of hydrogen-bond donors (Lipinski definition) is 1. The Labute approximate surface area is 91.3 Å². The van der Waals surface area contributed by atoms with Gasteiger partial charge in [0.25, 0.3) is 0 Å². The van der Waals surface area contributed by atoms with Gasteiger partial charge in [0.1, 0.15) is 6.33 Å². The van der Waals surface area contributed by atoms with Gasteiger partial charge in [0.15, 0.2) is 0 Å². The molecule has 0 aromatic carbocycles. The lowest BCUT2D eigenvalue weighted by Crippen LogP contribution is -2.21. The van der Waals surface area contributed by atoms with E-state index in [1.54, 1.807) is 6.33 Å². The molecule has 0 saturated heterocycles. The zero-order chi connectivity index (χ0) is 11.1. The van der Waals surface area contributed by atoms with Crippen LogP contribution in [0.25, 0.3) is 0 Å². The van der Waals surface area contributed by atoms with E-state index in [1.165, 1.54) is 0 Å². The maximum Gasteiger partial charge on any atom is 0.115 e. The van der Waals surface area contributed by atoms with E-state index in [0.717, 1.165) is 12.1 Å². The number of aromatic nitrogens is 2. The van der Waals surface area contributed by atoms with Gasteiger partial charge in [-0.2, -0.15) is 0 Å². The summed E-state index contributed by atoms with van der Waals surface area (Å²) in [6.45, 7) is 10.1. The number of hydrogen-bond acceptors (Lipinski definition) is 3. The molecule has 1 aromatic heterocycles. The highest BCUT2D eigenvalue weighted by atomic mass is 15.0. The Morgan fingerprint density at radius 1 is 1.13 bits per heavy atom. The largest absolute Gasteiger partial charge is 0.309 e. The third-order valence-electron chi connectivity index (χ3n) is 4.15. The van der Waals surface area contributed by atoms with Gasteiger partial charge < -0.3 is 5.32 Å². The number of nitrogens with zero attached hydrogens (tertiary/aromatic N) is 2. The quantitative estimate of drug-likeness (QED) is 0.820. The van der Waals surface area contributed by atoms with Crippen molar-refractivity contribution >= 4 is 0 Å². The number of nitrogens with one attached hydrogen (secondary N) is 1. The molecule has 0 amide bonds. The fraction of sp³-hybridized carbons (Fsp3) is 0.667. The van der Waals surface area contributed by atoms with Crippen LogP contribution >= 0.6 is 0 Å². The van der Waals surface area contributed by atoms with Crippen molar-refractivity contribution in [3.63, 3.8) is 0 Å². The van der Waals surface area contributed by atoms with Gasteiger partial charge in [0.05, 0.1) is 0 Å². The van der Waals surface area contributed by atoms with E-state index >= 15 is 0 Å². The SMILES string of the molecule is CC1(C)C(NCc2cncnc2)C1(C)C. The van der Waals surface area contributed by atoms with Crippen LogP contribution in [-0.4, -0.2) is 16.0 Å². The molecule has 1 aliphatic rings. The summed E-state index contributed by atoms with van der Waals surface area (Å²) in [4.78, 5) is 8.01. The second-order valence-electron chi connectivity index (χ2n) is 5.50. The molecule has 0 spiro atoms. The Kier molecular flexibility index (Phi) is 2.30. The molecule has 1 fully saturated rings. The summed E-state index contributed by atoms with van der Waals surface area (Å²) in [7, 11) is 0. The van der Waals surface area contributed by atoms with Crippen molar-refractivity contribution in [1.82, 2.24) is 15.3 Å². The van der Waals surface area contributed by atoms with Gasteiger partial charge in [-0.25, -0.2) is 9.97 Å². The molecule has 2 rings (SSSR count). The molecular formula is C12H19N3. The molecular weight excluding hydrogens is 186 g/mol. The molecule has 82 valence electrons. The fourth-order valence-corrected chi connectivity index (χ4v) is 2.35. The standard InChI is InChI=1S/C12H19N3/c1-11(2)10(12(11,3)4)15-7-9-5-13-8-14-6-9/h5-6,8,10,15H,7H2,1-4H3. The van der Waals surface area contributed by atoms with Gasteiger partial charge in [-0.15, -0.1) is 0 Å². The van der Waals surface area contributed by atoms with Gasteiger partial charge in [0.2, 0.25) is 0 Å². The first kappa shape index (κ1) is 10.6. The van der Waals surface area contributed by atoms with Gasteiger partial charge in [0, 0.05) is 30.5 Å². The molecule has 1 aliphatic carbocycles. The Balaban J connectivity index is 1.92. The second kappa shape index (κ2) is 3.27. The predicted octanol–water partition coefficient (Wildman–Crippen LogP) is 2.00. The first-order valence-electron chi connectivity index (χ1n) is 5.43. The van der Waals surface area contributed by atoms with E-state index < -0.39 is 0 Å². The fourth-order valence-electron chi connectivity index (χ4n) is 2.35. The minimum Gasteiger partial charge on any atom is -0.309 e. The van der Waals surface area contributed by atoms with Gasteiger partial charge in [-0.05, 0) is 10.8 Å². The van der Waals surface area contributed by atoms with Crippen molar-refractivity contribution in [3.05, 3.63) is 24.3 Å². The molecule has 3 nitrogen and oxygen atoms in total. The van der Waals surface area contributed by atoms with Gasteiger partial charge in [-0.1, -0.05) is 27.7 Å². The van der Waals surface area contributed by atoms with Crippen LogP contribution in [0.2, 0.25) is 0 Å². The van der Waals surface area contributed by atoms with Crippen LogP contribution in [-0.2, 0) is 6.54 Å². The van der Waals surface area contributed by atoms with Crippen molar-refractivity contribution < 1.29 is 0 Å². The van der Waals surface area contributed by atoms with E-state index in [2.05, 4.69) is 43.0 Å². The summed E-state index contributed by atoms with van der Waals surface area (Å²) < 4.78 is 0. The molecule has 1 heterocycles. The van der Waals surface area contributed by atoms with Gasteiger partial charge in [-0.3, -0.25) is 0 Å². The van der Waals surface area contributed by atoms with Crippen molar-refractivity contribution in [3.8, 4) is 0 Å². The summed E-state index contributed by atoms with van der Waals surface area (Å²) >= 11 is 0.